The van der Waals surface area contributed by atoms with Crippen LogP contribution in [0.25, 0.3) is 0 Å². The molecule has 0 amide bonds. The molecule has 2 rings (SSSR count). The number of likely N-dealkylation sites (tertiary alicyclic amines) is 1. The number of halogens is 1. The highest BCUT2D eigenvalue weighted by Gasteiger charge is 2.20. The zero-order valence-corrected chi connectivity index (χ0v) is 13.5. The van der Waals surface area contributed by atoms with Crippen molar-refractivity contribution in [2.45, 2.75) is 52.5 Å². The summed E-state index contributed by atoms with van der Waals surface area (Å²) >= 11 is 6.18. The number of rotatable bonds is 5. The van der Waals surface area contributed by atoms with Crippen molar-refractivity contribution in [3.8, 4) is 0 Å². The first kappa shape index (κ1) is 15.5. The summed E-state index contributed by atoms with van der Waals surface area (Å²) < 4.78 is 0. The summed E-state index contributed by atoms with van der Waals surface area (Å²) in [5, 5.41) is 4.14. The summed E-state index contributed by atoms with van der Waals surface area (Å²) in [4.78, 5) is 11.4. The molecule has 0 spiro atoms. The van der Waals surface area contributed by atoms with E-state index in [0.717, 1.165) is 23.6 Å². The Morgan fingerprint density at radius 2 is 1.95 bits per heavy atom. The number of piperidine rings is 1. The first-order valence-corrected chi connectivity index (χ1v) is 8.03. The van der Waals surface area contributed by atoms with E-state index in [1.807, 2.05) is 13.8 Å². The van der Waals surface area contributed by atoms with Crippen molar-refractivity contribution in [1.82, 2.24) is 14.9 Å². The lowest BCUT2D eigenvalue weighted by Gasteiger charge is -2.32. The molecular formula is C15H25ClN4. The molecule has 1 aromatic rings. The SMILES string of the molecule is CCCN1CCC(Nc2nc(CC)nc(Cl)c2C)CC1. The third-order valence-corrected chi connectivity index (χ3v) is 4.29. The highest BCUT2D eigenvalue weighted by atomic mass is 35.5. The lowest BCUT2D eigenvalue weighted by molar-refractivity contribution is 0.219. The molecule has 0 aromatic carbocycles. The molecule has 4 nitrogen and oxygen atoms in total. The average molecular weight is 297 g/mol. The van der Waals surface area contributed by atoms with Crippen LogP contribution in [-0.2, 0) is 6.42 Å². The van der Waals surface area contributed by atoms with E-state index in [2.05, 4.69) is 27.1 Å². The number of nitrogens with one attached hydrogen (secondary N) is 1. The first-order chi connectivity index (χ1) is 9.63. The monoisotopic (exact) mass is 296 g/mol. The maximum absolute atomic E-state index is 6.18. The fourth-order valence-corrected chi connectivity index (χ4v) is 2.83. The van der Waals surface area contributed by atoms with Crippen LogP contribution in [0.1, 0.15) is 44.5 Å². The van der Waals surface area contributed by atoms with Crippen LogP contribution in [0.4, 0.5) is 5.82 Å². The van der Waals surface area contributed by atoms with Gasteiger partial charge in [-0.3, -0.25) is 0 Å². The van der Waals surface area contributed by atoms with Crippen molar-refractivity contribution < 1.29 is 0 Å². The van der Waals surface area contributed by atoms with Crippen LogP contribution in [0.5, 0.6) is 0 Å². The van der Waals surface area contributed by atoms with Crippen LogP contribution < -0.4 is 5.32 Å². The van der Waals surface area contributed by atoms with Crippen molar-refractivity contribution in [3.05, 3.63) is 16.5 Å². The van der Waals surface area contributed by atoms with Crippen LogP contribution in [0.15, 0.2) is 0 Å². The summed E-state index contributed by atoms with van der Waals surface area (Å²) in [5.74, 6) is 1.72. The minimum atomic E-state index is 0.498. The number of hydrogen-bond donors (Lipinski definition) is 1. The van der Waals surface area contributed by atoms with Gasteiger partial charge in [0, 0.05) is 31.1 Å². The molecule has 1 saturated heterocycles. The van der Waals surface area contributed by atoms with Gasteiger partial charge in [0.05, 0.1) is 0 Å². The highest BCUT2D eigenvalue weighted by Crippen LogP contribution is 2.23. The van der Waals surface area contributed by atoms with Crippen molar-refractivity contribution in [2.75, 3.05) is 25.0 Å². The van der Waals surface area contributed by atoms with Gasteiger partial charge in [0.25, 0.3) is 0 Å². The minimum absolute atomic E-state index is 0.498. The second kappa shape index (κ2) is 7.23. The molecule has 5 heteroatoms. The quantitative estimate of drug-likeness (QED) is 0.847. The van der Waals surface area contributed by atoms with E-state index in [4.69, 9.17) is 11.6 Å². The predicted molar refractivity (Wildman–Crippen MR) is 84.5 cm³/mol. The smallest absolute Gasteiger partial charge is 0.137 e. The Labute approximate surface area is 126 Å². The number of anilines is 1. The van der Waals surface area contributed by atoms with Crippen molar-refractivity contribution in [2.24, 2.45) is 0 Å². The molecule has 0 bridgehead atoms. The molecule has 112 valence electrons. The lowest BCUT2D eigenvalue weighted by Crippen LogP contribution is -2.39. The maximum Gasteiger partial charge on any atom is 0.137 e. The van der Waals surface area contributed by atoms with Gasteiger partial charge in [-0.15, -0.1) is 0 Å². The molecular weight excluding hydrogens is 272 g/mol. The Bertz CT molecular complexity index is 442. The van der Waals surface area contributed by atoms with Crippen molar-refractivity contribution in [3.63, 3.8) is 0 Å². The van der Waals surface area contributed by atoms with Crippen LogP contribution in [-0.4, -0.2) is 40.5 Å². The number of nitrogens with zero attached hydrogens (tertiary/aromatic N) is 3. The summed E-state index contributed by atoms with van der Waals surface area (Å²) in [6, 6.07) is 0.498. The van der Waals surface area contributed by atoms with Gasteiger partial charge in [0.2, 0.25) is 0 Å². The molecule has 0 saturated carbocycles. The van der Waals surface area contributed by atoms with E-state index >= 15 is 0 Å². The fourth-order valence-electron chi connectivity index (χ4n) is 2.64. The van der Waals surface area contributed by atoms with Gasteiger partial charge in [-0.05, 0) is 32.7 Å². The summed E-state index contributed by atoms with van der Waals surface area (Å²) in [7, 11) is 0. The number of aryl methyl sites for hydroxylation is 1. The standard InChI is InChI=1S/C15H25ClN4/c1-4-8-20-9-6-12(7-10-20)17-15-11(3)14(16)18-13(5-2)19-15/h12H,4-10H2,1-3H3,(H,17,18,19). The molecule has 0 unspecified atom stereocenters. The molecule has 2 heterocycles. The van der Waals surface area contributed by atoms with Gasteiger partial charge < -0.3 is 10.2 Å². The van der Waals surface area contributed by atoms with E-state index < -0.39 is 0 Å². The molecule has 1 fully saturated rings. The predicted octanol–water partition coefficient (Wildman–Crippen LogP) is 3.29. The van der Waals surface area contributed by atoms with Gasteiger partial charge in [0.1, 0.15) is 16.8 Å². The average Bonchev–Trinajstić information content (AvgIpc) is 2.46. The van der Waals surface area contributed by atoms with Gasteiger partial charge in [-0.1, -0.05) is 25.4 Å². The Morgan fingerprint density at radius 3 is 2.55 bits per heavy atom. The van der Waals surface area contributed by atoms with Crippen LogP contribution in [0.2, 0.25) is 5.15 Å². The highest BCUT2D eigenvalue weighted by molar-refractivity contribution is 6.30. The van der Waals surface area contributed by atoms with Crippen LogP contribution >= 0.6 is 11.6 Å². The molecule has 20 heavy (non-hydrogen) atoms. The van der Waals surface area contributed by atoms with Crippen LogP contribution in [0.3, 0.4) is 0 Å². The van der Waals surface area contributed by atoms with Crippen molar-refractivity contribution >= 4 is 17.4 Å². The second-order valence-electron chi connectivity index (χ2n) is 5.52. The third-order valence-electron chi connectivity index (χ3n) is 3.92. The fraction of sp³-hybridized carbons (Fsp3) is 0.733. The second-order valence-corrected chi connectivity index (χ2v) is 5.88. The van der Waals surface area contributed by atoms with E-state index in [1.165, 1.54) is 38.9 Å². The molecule has 1 aromatic heterocycles. The molecule has 1 N–H and O–H groups in total. The zero-order chi connectivity index (χ0) is 14.5. The summed E-state index contributed by atoms with van der Waals surface area (Å²) in [6.45, 7) is 9.83. The van der Waals surface area contributed by atoms with E-state index in [-0.39, 0.29) is 0 Å². The van der Waals surface area contributed by atoms with Crippen LogP contribution in [0, 0.1) is 6.92 Å². The van der Waals surface area contributed by atoms with Gasteiger partial charge in [0.15, 0.2) is 0 Å². The normalized spacial score (nSPS) is 17.4. The Morgan fingerprint density at radius 1 is 1.25 bits per heavy atom. The van der Waals surface area contributed by atoms with E-state index in [9.17, 15) is 0 Å². The zero-order valence-electron chi connectivity index (χ0n) is 12.7. The van der Waals surface area contributed by atoms with Gasteiger partial charge >= 0.3 is 0 Å². The topological polar surface area (TPSA) is 41.0 Å². The number of hydrogen-bond acceptors (Lipinski definition) is 4. The molecule has 1 aliphatic heterocycles. The Kier molecular flexibility index (Phi) is 5.61. The minimum Gasteiger partial charge on any atom is -0.367 e. The molecule has 0 aliphatic carbocycles. The Balaban J connectivity index is 1.99. The van der Waals surface area contributed by atoms with Gasteiger partial charge in [-0.2, -0.15) is 0 Å². The molecule has 0 atom stereocenters. The first-order valence-electron chi connectivity index (χ1n) is 7.66. The van der Waals surface area contributed by atoms with Gasteiger partial charge in [-0.25, -0.2) is 9.97 Å². The largest absolute Gasteiger partial charge is 0.367 e. The lowest BCUT2D eigenvalue weighted by atomic mass is 10.0. The maximum atomic E-state index is 6.18. The number of aromatic nitrogens is 2. The summed E-state index contributed by atoms with van der Waals surface area (Å²) in [5.41, 5.74) is 0.958. The Hall–Kier alpha value is -0.870. The summed E-state index contributed by atoms with van der Waals surface area (Å²) in [6.07, 6.45) is 4.38. The molecule has 0 radical (unpaired) electrons. The van der Waals surface area contributed by atoms with E-state index in [0.29, 0.717) is 11.2 Å². The van der Waals surface area contributed by atoms with Crippen molar-refractivity contribution in [1.29, 1.82) is 0 Å². The molecule has 1 aliphatic rings. The van der Waals surface area contributed by atoms with E-state index in [1.54, 1.807) is 0 Å². The third kappa shape index (κ3) is 3.83.